The third-order valence-corrected chi connectivity index (χ3v) is 2.86. The number of aryl methyl sites for hydroxylation is 1. The Morgan fingerprint density at radius 3 is 2.82 bits per heavy atom. The van der Waals surface area contributed by atoms with Crippen molar-refractivity contribution in [2.75, 3.05) is 0 Å². The van der Waals surface area contributed by atoms with Crippen LogP contribution < -0.4 is 4.52 Å². The van der Waals surface area contributed by atoms with Crippen molar-refractivity contribution in [2.24, 2.45) is 0 Å². The Bertz CT molecular complexity index is 292. The van der Waals surface area contributed by atoms with Gasteiger partial charge in [-0.2, -0.15) is 0 Å². The average Bonchev–Trinajstić information content (AvgIpc) is 2.12. The number of rotatable bonds is 2. The summed E-state index contributed by atoms with van der Waals surface area (Å²) in [5.74, 6) is -3.07. The molecule has 0 amide bonds. The fourth-order valence-corrected chi connectivity index (χ4v) is 2.74. The van der Waals surface area contributed by atoms with Crippen LogP contribution in [0.2, 0.25) is 0 Å². The van der Waals surface area contributed by atoms with Crippen LogP contribution in [0.5, 0.6) is 5.06 Å². The number of hydrogen-bond donors (Lipinski definition) is 1. The molecule has 1 N–H and O–H groups in total. The van der Waals surface area contributed by atoms with Crippen molar-refractivity contribution in [3.63, 3.8) is 0 Å². The first-order valence-electron chi connectivity index (χ1n) is 2.75. The second kappa shape index (κ2) is 3.42. The highest BCUT2D eigenvalue weighted by Gasteiger charge is 2.12. The van der Waals surface area contributed by atoms with E-state index in [1.54, 1.807) is 0 Å². The Labute approximate surface area is 78.7 Å². The van der Waals surface area contributed by atoms with Crippen LogP contribution in [0.25, 0.3) is 0 Å². The summed E-state index contributed by atoms with van der Waals surface area (Å²) >= 11 is 11.2. The molecule has 11 heavy (non-hydrogen) atoms. The molecule has 0 aliphatic carbocycles. The van der Waals surface area contributed by atoms with Gasteiger partial charge in [0.15, 0.2) is 5.06 Å². The number of halogens is 1. The Kier molecular flexibility index (Phi) is 2.95. The lowest BCUT2D eigenvalue weighted by Crippen LogP contribution is -1.82. The van der Waals surface area contributed by atoms with Crippen molar-refractivity contribution >= 4 is 40.2 Å². The predicted molar refractivity (Wildman–Crippen MR) is 52.0 cm³/mol. The maximum atomic E-state index is 8.99. The molecule has 1 heterocycles. The maximum Gasteiger partial charge on any atom is 0.330 e. The third-order valence-electron chi connectivity index (χ3n) is 1.01. The van der Waals surface area contributed by atoms with E-state index in [-0.39, 0.29) is 0 Å². The highest BCUT2D eigenvalue weighted by atomic mass is 35.7. The summed E-state index contributed by atoms with van der Waals surface area (Å²) in [4.78, 5) is 8.99. The molecule has 0 radical (unpaired) electrons. The van der Waals surface area contributed by atoms with Crippen molar-refractivity contribution in [1.82, 2.24) is 0 Å². The van der Waals surface area contributed by atoms with Crippen LogP contribution in [-0.2, 0) is 11.8 Å². The van der Waals surface area contributed by atoms with Crippen LogP contribution in [0.3, 0.4) is 0 Å². The molecule has 0 bridgehead atoms. The van der Waals surface area contributed by atoms with Crippen molar-refractivity contribution in [2.45, 2.75) is 6.92 Å². The lowest BCUT2D eigenvalue weighted by atomic mass is 10.4. The largest absolute Gasteiger partial charge is 0.422 e. The summed E-state index contributed by atoms with van der Waals surface area (Å²) in [6.45, 7) is 1.87. The molecule has 1 unspecified atom stereocenters. The van der Waals surface area contributed by atoms with Crippen LogP contribution in [0, 0.1) is 6.92 Å². The molecule has 2 nitrogen and oxygen atoms in total. The minimum Gasteiger partial charge on any atom is -0.422 e. The molecular weight excluding hydrogens is 223 g/mol. The summed E-state index contributed by atoms with van der Waals surface area (Å²) < 4.78 is 4.94. The first kappa shape index (κ1) is 9.49. The van der Waals surface area contributed by atoms with E-state index in [0.717, 1.165) is 5.56 Å². The van der Waals surface area contributed by atoms with E-state index >= 15 is 0 Å². The first-order valence-corrected chi connectivity index (χ1v) is 7.21. The monoisotopic (exact) mass is 228 g/mol. The fraction of sp³-hybridized carbons (Fsp3) is 0.200. The molecule has 0 aromatic carbocycles. The van der Waals surface area contributed by atoms with Gasteiger partial charge >= 0.3 is 5.84 Å². The quantitative estimate of drug-likeness (QED) is 0.790. The van der Waals surface area contributed by atoms with Crippen LogP contribution in [-0.4, -0.2) is 4.89 Å². The van der Waals surface area contributed by atoms with Gasteiger partial charge in [-0.1, -0.05) is 0 Å². The molecular formula is C5H6ClO2PS2. The van der Waals surface area contributed by atoms with Crippen LogP contribution in [0.4, 0.5) is 0 Å². The molecule has 0 saturated carbocycles. The summed E-state index contributed by atoms with van der Waals surface area (Å²) in [5, 5.41) is 2.46. The minimum absolute atomic E-state index is 0.603. The van der Waals surface area contributed by atoms with Gasteiger partial charge in [0.25, 0.3) is 0 Å². The topological polar surface area (TPSA) is 29.5 Å². The number of thiophene rings is 1. The Morgan fingerprint density at radius 2 is 2.45 bits per heavy atom. The van der Waals surface area contributed by atoms with E-state index in [9.17, 15) is 0 Å². The van der Waals surface area contributed by atoms with Gasteiger partial charge in [0.1, 0.15) is 0 Å². The zero-order valence-electron chi connectivity index (χ0n) is 5.65. The number of hydrogen-bond acceptors (Lipinski definition) is 3. The van der Waals surface area contributed by atoms with E-state index in [2.05, 4.69) is 11.8 Å². The molecule has 0 aliphatic heterocycles. The van der Waals surface area contributed by atoms with Crippen LogP contribution in [0.1, 0.15) is 5.56 Å². The summed E-state index contributed by atoms with van der Waals surface area (Å²) in [6, 6.07) is 1.88. The lowest BCUT2D eigenvalue weighted by molar-refractivity contribution is 0.509. The highest BCUT2D eigenvalue weighted by molar-refractivity contribution is 8.22. The first-order chi connectivity index (χ1) is 4.99. The standard InChI is InChI=1S/C5H6ClO2PS2/c1-4-2-3-11-5(4)8-9(6,7)10/h2-3H,1H3,(H,7,10). The molecule has 6 heteroatoms. The van der Waals surface area contributed by atoms with Crippen LogP contribution >= 0.6 is 28.4 Å². The predicted octanol–water partition coefficient (Wildman–Crippen LogP) is 2.89. The average molecular weight is 229 g/mol. The molecule has 1 rings (SSSR count). The second-order valence-electron chi connectivity index (χ2n) is 1.93. The van der Waals surface area contributed by atoms with Crippen LogP contribution in [0.15, 0.2) is 11.4 Å². The van der Waals surface area contributed by atoms with E-state index in [4.69, 9.17) is 20.7 Å². The minimum atomic E-state index is -3.07. The van der Waals surface area contributed by atoms with E-state index in [0.29, 0.717) is 5.06 Å². The molecule has 62 valence electrons. The summed E-state index contributed by atoms with van der Waals surface area (Å²) in [7, 11) is 0. The molecule has 0 fully saturated rings. The molecule has 1 aromatic rings. The van der Waals surface area contributed by atoms with E-state index in [1.807, 2.05) is 18.4 Å². The van der Waals surface area contributed by atoms with E-state index in [1.165, 1.54) is 11.3 Å². The fourth-order valence-electron chi connectivity index (χ4n) is 0.555. The molecule has 0 aliphatic rings. The van der Waals surface area contributed by atoms with Gasteiger partial charge in [0.2, 0.25) is 0 Å². The zero-order valence-corrected chi connectivity index (χ0v) is 8.94. The third kappa shape index (κ3) is 3.09. The molecule has 0 saturated heterocycles. The second-order valence-corrected chi connectivity index (χ2v) is 7.36. The van der Waals surface area contributed by atoms with Crippen molar-refractivity contribution in [1.29, 1.82) is 0 Å². The summed E-state index contributed by atoms with van der Waals surface area (Å²) in [5.41, 5.74) is 0.943. The van der Waals surface area contributed by atoms with Gasteiger partial charge in [-0.25, -0.2) is 0 Å². The Balaban J connectivity index is 2.80. The highest BCUT2D eigenvalue weighted by Crippen LogP contribution is 2.50. The maximum absolute atomic E-state index is 8.99. The molecule has 1 aromatic heterocycles. The van der Waals surface area contributed by atoms with Crippen molar-refractivity contribution in [3.8, 4) is 5.06 Å². The zero-order chi connectivity index (χ0) is 8.48. The SMILES string of the molecule is Cc1ccsc1OP(O)(=S)Cl. The lowest BCUT2D eigenvalue weighted by Gasteiger charge is -2.07. The summed E-state index contributed by atoms with van der Waals surface area (Å²) in [6.07, 6.45) is 0. The Hall–Kier alpha value is 0.400. The van der Waals surface area contributed by atoms with Gasteiger partial charge in [-0.05, 0) is 41.4 Å². The normalized spacial score (nSPS) is 15.9. The Morgan fingerprint density at radius 1 is 1.82 bits per heavy atom. The molecule has 0 spiro atoms. The van der Waals surface area contributed by atoms with Crippen molar-refractivity contribution < 1.29 is 9.42 Å². The van der Waals surface area contributed by atoms with Gasteiger partial charge in [0.05, 0.1) is 0 Å². The van der Waals surface area contributed by atoms with E-state index < -0.39 is 5.84 Å². The van der Waals surface area contributed by atoms with Gasteiger partial charge in [0, 0.05) is 5.56 Å². The molecule has 1 atom stereocenters. The van der Waals surface area contributed by atoms with Gasteiger partial charge in [-0.15, -0.1) is 11.3 Å². The van der Waals surface area contributed by atoms with Gasteiger partial charge < -0.3 is 9.42 Å². The van der Waals surface area contributed by atoms with Gasteiger partial charge in [-0.3, -0.25) is 0 Å². The van der Waals surface area contributed by atoms with Crippen molar-refractivity contribution in [3.05, 3.63) is 17.0 Å². The smallest absolute Gasteiger partial charge is 0.330 e.